The van der Waals surface area contributed by atoms with Crippen LogP contribution in [0.2, 0.25) is 0 Å². The maximum atomic E-state index is 5.57. The van der Waals surface area contributed by atoms with Crippen molar-refractivity contribution in [2.75, 3.05) is 5.88 Å². The van der Waals surface area contributed by atoms with E-state index < -0.39 is 0 Å². The molecule has 0 atom stereocenters. The summed E-state index contributed by atoms with van der Waals surface area (Å²) in [5.41, 5.74) is 1.23. The van der Waals surface area contributed by atoms with Gasteiger partial charge in [-0.1, -0.05) is 12.2 Å². The fourth-order valence-corrected chi connectivity index (χ4v) is 1.04. The second-order valence-electron chi connectivity index (χ2n) is 2.37. The zero-order valence-corrected chi connectivity index (χ0v) is 7.14. The van der Waals surface area contributed by atoms with Gasteiger partial charge in [-0.25, -0.2) is 0 Å². The van der Waals surface area contributed by atoms with Gasteiger partial charge in [-0.15, -0.1) is 11.6 Å². The van der Waals surface area contributed by atoms with Gasteiger partial charge in [0, 0.05) is 17.8 Å². The summed E-state index contributed by atoms with van der Waals surface area (Å²) in [7, 11) is 0. The molecule has 0 radical (unpaired) electrons. The second kappa shape index (κ2) is 5.03. The van der Waals surface area contributed by atoms with Crippen LogP contribution in [0.5, 0.6) is 0 Å². The zero-order chi connectivity index (χ0) is 7.94. The molecule has 1 nitrogen and oxygen atoms in total. The Morgan fingerprint density at radius 3 is 3.00 bits per heavy atom. The van der Waals surface area contributed by atoms with Crippen LogP contribution in [0.3, 0.4) is 0 Å². The maximum Gasteiger partial charge on any atom is 0.0227 e. The van der Waals surface area contributed by atoms with Crippen LogP contribution in [0.4, 0.5) is 0 Å². The fourth-order valence-electron chi connectivity index (χ4n) is 0.907. The first-order valence-corrected chi connectivity index (χ1v) is 4.32. The van der Waals surface area contributed by atoms with Crippen LogP contribution in [-0.2, 0) is 0 Å². The molecule has 1 aliphatic rings. The van der Waals surface area contributed by atoms with Gasteiger partial charge in [0.25, 0.3) is 0 Å². The van der Waals surface area contributed by atoms with Crippen molar-refractivity contribution < 1.29 is 0 Å². The summed E-state index contributed by atoms with van der Waals surface area (Å²) in [4.78, 5) is 0. The molecule has 60 valence electrons. The Labute approximate surface area is 72.4 Å². The highest BCUT2D eigenvalue weighted by atomic mass is 35.5. The Morgan fingerprint density at radius 1 is 1.27 bits per heavy atom. The molecular weight excluding hydrogens is 158 g/mol. The molecule has 0 fully saturated rings. The predicted octanol–water partition coefficient (Wildman–Crippen LogP) is 2.56. The van der Waals surface area contributed by atoms with Crippen molar-refractivity contribution in [3.8, 4) is 0 Å². The molecule has 0 saturated carbocycles. The van der Waals surface area contributed by atoms with Crippen molar-refractivity contribution in [1.82, 2.24) is 5.32 Å². The van der Waals surface area contributed by atoms with Gasteiger partial charge in [0.1, 0.15) is 0 Å². The third-order valence-corrected chi connectivity index (χ3v) is 1.73. The van der Waals surface area contributed by atoms with Crippen molar-refractivity contribution >= 4 is 11.6 Å². The van der Waals surface area contributed by atoms with Crippen LogP contribution in [0.1, 0.15) is 12.8 Å². The van der Waals surface area contributed by atoms with Crippen LogP contribution in [0.15, 0.2) is 36.2 Å². The van der Waals surface area contributed by atoms with Crippen LogP contribution in [0.25, 0.3) is 0 Å². The van der Waals surface area contributed by atoms with Crippen LogP contribution in [-0.4, -0.2) is 5.88 Å². The monoisotopic (exact) mass is 169 g/mol. The second-order valence-corrected chi connectivity index (χ2v) is 2.75. The van der Waals surface area contributed by atoms with Crippen molar-refractivity contribution in [1.29, 1.82) is 0 Å². The van der Waals surface area contributed by atoms with E-state index in [9.17, 15) is 0 Å². The first-order chi connectivity index (χ1) is 5.43. The van der Waals surface area contributed by atoms with Crippen LogP contribution >= 0.6 is 11.6 Å². The lowest BCUT2D eigenvalue weighted by molar-refractivity contribution is 0.844. The largest absolute Gasteiger partial charge is 0.365 e. The van der Waals surface area contributed by atoms with Gasteiger partial charge < -0.3 is 5.32 Å². The third-order valence-electron chi connectivity index (χ3n) is 1.46. The van der Waals surface area contributed by atoms with Gasteiger partial charge in [0.15, 0.2) is 0 Å². The molecule has 1 aliphatic heterocycles. The third kappa shape index (κ3) is 3.28. The highest BCUT2D eigenvalue weighted by molar-refractivity contribution is 6.17. The Kier molecular flexibility index (Phi) is 3.84. The molecule has 1 rings (SSSR count). The van der Waals surface area contributed by atoms with Crippen LogP contribution in [0, 0.1) is 0 Å². The molecule has 0 amide bonds. The molecular formula is C9H12ClN. The van der Waals surface area contributed by atoms with E-state index in [1.165, 1.54) is 5.70 Å². The standard InChI is InChI=1S/C9H12ClN/c10-7-4-6-9-5-2-1-3-8-11-9/h1-3,5,8,11H,4,6-7H2. The van der Waals surface area contributed by atoms with Gasteiger partial charge in [-0.05, 0) is 25.0 Å². The summed E-state index contributed by atoms with van der Waals surface area (Å²) < 4.78 is 0. The van der Waals surface area contributed by atoms with Crippen molar-refractivity contribution in [2.24, 2.45) is 0 Å². The number of rotatable bonds is 3. The normalized spacial score (nSPS) is 15.5. The van der Waals surface area contributed by atoms with E-state index in [4.69, 9.17) is 11.6 Å². The summed E-state index contributed by atoms with van der Waals surface area (Å²) in [5.74, 6) is 0.729. The van der Waals surface area contributed by atoms with Gasteiger partial charge in [-0.2, -0.15) is 0 Å². The smallest absolute Gasteiger partial charge is 0.0227 e. The molecule has 0 saturated heterocycles. The van der Waals surface area contributed by atoms with Gasteiger partial charge in [0.2, 0.25) is 0 Å². The molecule has 0 aromatic rings. The summed E-state index contributed by atoms with van der Waals surface area (Å²) in [5, 5.41) is 3.18. The van der Waals surface area contributed by atoms with Crippen molar-refractivity contribution in [3.05, 3.63) is 36.2 Å². The van der Waals surface area contributed by atoms with E-state index in [2.05, 4.69) is 11.4 Å². The molecule has 0 unspecified atom stereocenters. The summed E-state index contributed by atoms with van der Waals surface area (Å²) in [6.45, 7) is 0. The lowest BCUT2D eigenvalue weighted by atomic mass is 10.2. The Balaban J connectivity index is 2.38. The molecule has 0 aromatic carbocycles. The lowest BCUT2D eigenvalue weighted by Gasteiger charge is -2.03. The topological polar surface area (TPSA) is 12.0 Å². The molecule has 0 bridgehead atoms. The fraction of sp³-hybridized carbons (Fsp3) is 0.333. The number of halogens is 1. The molecule has 0 aliphatic carbocycles. The SMILES string of the molecule is ClCCCC1=CC=CC=CN1. The molecule has 0 spiro atoms. The molecule has 1 heterocycles. The number of alkyl halides is 1. The van der Waals surface area contributed by atoms with E-state index in [1.54, 1.807) is 0 Å². The Bertz CT molecular complexity index is 192. The summed E-state index contributed by atoms with van der Waals surface area (Å²) >= 11 is 5.57. The van der Waals surface area contributed by atoms with Gasteiger partial charge in [0.05, 0.1) is 0 Å². The van der Waals surface area contributed by atoms with Crippen LogP contribution < -0.4 is 5.32 Å². The average molecular weight is 170 g/mol. The Hall–Kier alpha value is -0.690. The van der Waals surface area contributed by atoms with Gasteiger partial charge >= 0.3 is 0 Å². The lowest BCUT2D eigenvalue weighted by Crippen LogP contribution is -2.03. The van der Waals surface area contributed by atoms with Gasteiger partial charge in [-0.3, -0.25) is 0 Å². The van der Waals surface area contributed by atoms with Crippen molar-refractivity contribution in [2.45, 2.75) is 12.8 Å². The molecule has 2 heteroatoms. The first kappa shape index (κ1) is 8.41. The number of nitrogens with one attached hydrogen (secondary N) is 1. The summed E-state index contributed by atoms with van der Waals surface area (Å²) in [6.07, 6.45) is 12.1. The zero-order valence-electron chi connectivity index (χ0n) is 6.39. The van der Waals surface area contributed by atoms with E-state index in [0.29, 0.717) is 0 Å². The maximum absolute atomic E-state index is 5.57. The number of allylic oxidation sites excluding steroid dienone is 5. The van der Waals surface area contributed by atoms with E-state index in [1.807, 2.05) is 24.4 Å². The molecule has 0 aromatic heterocycles. The Morgan fingerprint density at radius 2 is 2.18 bits per heavy atom. The first-order valence-electron chi connectivity index (χ1n) is 3.78. The molecule has 11 heavy (non-hydrogen) atoms. The highest BCUT2D eigenvalue weighted by Gasteiger charge is 1.93. The minimum atomic E-state index is 0.729. The highest BCUT2D eigenvalue weighted by Crippen LogP contribution is 2.04. The van der Waals surface area contributed by atoms with E-state index in [-0.39, 0.29) is 0 Å². The summed E-state index contributed by atoms with van der Waals surface area (Å²) in [6, 6.07) is 0. The molecule has 1 N–H and O–H groups in total. The van der Waals surface area contributed by atoms with E-state index >= 15 is 0 Å². The van der Waals surface area contributed by atoms with E-state index in [0.717, 1.165) is 18.7 Å². The quantitative estimate of drug-likeness (QED) is 0.641. The number of hydrogen-bond acceptors (Lipinski definition) is 1. The minimum absolute atomic E-state index is 0.729. The number of hydrogen-bond donors (Lipinski definition) is 1. The van der Waals surface area contributed by atoms with Crippen molar-refractivity contribution in [3.63, 3.8) is 0 Å². The predicted molar refractivity (Wildman–Crippen MR) is 49.5 cm³/mol. The minimum Gasteiger partial charge on any atom is -0.365 e. The average Bonchev–Trinajstić information content (AvgIpc) is 2.28.